The van der Waals surface area contributed by atoms with Crippen LogP contribution in [0.3, 0.4) is 0 Å². The van der Waals surface area contributed by atoms with Gasteiger partial charge in [-0.25, -0.2) is 4.98 Å². The maximum atomic E-state index is 4.99. The predicted molar refractivity (Wildman–Crippen MR) is 68.6 cm³/mol. The third-order valence-corrected chi connectivity index (χ3v) is 2.56. The van der Waals surface area contributed by atoms with E-state index < -0.39 is 0 Å². The van der Waals surface area contributed by atoms with Crippen molar-refractivity contribution in [3.05, 3.63) is 17.7 Å². The average molecular weight is 235 g/mol. The van der Waals surface area contributed by atoms with Gasteiger partial charge in [0.15, 0.2) is 0 Å². The molecule has 0 aliphatic heterocycles. The highest BCUT2D eigenvalue weighted by Gasteiger charge is 2.04. The van der Waals surface area contributed by atoms with Gasteiger partial charge in [-0.3, -0.25) is 0 Å². The van der Waals surface area contributed by atoms with Crippen LogP contribution in [0.15, 0.2) is 6.20 Å². The predicted octanol–water partition coefficient (Wildman–Crippen LogP) is 1.34. The van der Waals surface area contributed by atoms with Gasteiger partial charge in [0, 0.05) is 39.4 Å². The van der Waals surface area contributed by atoms with E-state index in [2.05, 4.69) is 26.7 Å². The van der Waals surface area contributed by atoms with E-state index in [-0.39, 0.29) is 0 Å². The van der Waals surface area contributed by atoms with Crippen LogP contribution in [0.2, 0.25) is 0 Å². The molecule has 94 valence electrons. The second-order valence-corrected chi connectivity index (χ2v) is 3.79. The lowest BCUT2D eigenvalue weighted by molar-refractivity contribution is 0.199. The Kier molecular flexibility index (Phi) is 6.38. The number of rotatable bonds is 7. The molecule has 0 bridgehead atoms. The van der Waals surface area contributed by atoms with Crippen molar-refractivity contribution in [2.24, 2.45) is 0 Å². The SMILES string of the molecule is CC#CCCn1c(CNCCOC)cnc1C. The molecule has 0 aliphatic carbocycles. The van der Waals surface area contributed by atoms with Crippen LogP contribution in [-0.4, -0.2) is 29.8 Å². The Hall–Kier alpha value is -1.31. The van der Waals surface area contributed by atoms with Gasteiger partial charge < -0.3 is 14.6 Å². The summed E-state index contributed by atoms with van der Waals surface area (Å²) in [5, 5.41) is 3.32. The van der Waals surface area contributed by atoms with Crippen LogP contribution in [0.4, 0.5) is 0 Å². The van der Waals surface area contributed by atoms with Crippen LogP contribution < -0.4 is 5.32 Å². The molecule has 0 atom stereocenters. The second kappa shape index (κ2) is 7.88. The molecule has 0 saturated carbocycles. The summed E-state index contributed by atoms with van der Waals surface area (Å²) in [4.78, 5) is 4.34. The summed E-state index contributed by atoms with van der Waals surface area (Å²) < 4.78 is 7.20. The highest BCUT2D eigenvalue weighted by molar-refractivity contribution is 5.05. The quantitative estimate of drug-likeness (QED) is 0.572. The normalized spacial score (nSPS) is 10.1. The molecular weight excluding hydrogens is 214 g/mol. The number of aryl methyl sites for hydroxylation is 1. The molecule has 1 rings (SSSR count). The Morgan fingerprint density at radius 3 is 3.06 bits per heavy atom. The van der Waals surface area contributed by atoms with Gasteiger partial charge in [0.05, 0.1) is 12.3 Å². The van der Waals surface area contributed by atoms with Crippen molar-refractivity contribution >= 4 is 0 Å². The van der Waals surface area contributed by atoms with Crippen molar-refractivity contribution in [1.29, 1.82) is 0 Å². The van der Waals surface area contributed by atoms with Gasteiger partial charge in [0.1, 0.15) is 5.82 Å². The highest BCUT2D eigenvalue weighted by Crippen LogP contribution is 2.05. The lowest BCUT2D eigenvalue weighted by atomic mass is 10.3. The van der Waals surface area contributed by atoms with E-state index in [9.17, 15) is 0 Å². The fourth-order valence-electron chi connectivity index (χ4n) is 1.65. The maximum Gasteiger partial charge on any atom is 0.105 e. The number of methoxy groups -OCH3 is 1. The Morgan fingerprint density at radius 2 is 2.35 bits per heavy atom. The molecule has 1 aromatic rings. The summed E-state index contributed by atoms with van der Waals surface area (Å²) >= 11 is 0. The Morgan fingerprint density at radius 1 is 1.53 bits per heavy atom. The van der Waals surface area contributed by atoms with Gasteiger partial charge in [0.25, 0.3) is 0 Å². The van der Waals surface area contributed by atoms with Crippen molar-refractivity contribution in [3.63, 3.8) is 0 Å². The molecule has 1 aromatic heterocycles. The van der Waals surface area contributed by atoms with Crippen LogP contribution >= 0.6 is 0 Å². The molecule has 0 spiro atoms. The number of nitrogens with one attached hydrogen (secondary N) is 1. The summed E-state index contributed by atoms with van der Waals surface area (Å²) in [6.07, 6.45) is 2.80. The Balaban J connectivity index is 2.49. The number of hydrogen-bond donors (Lipinski definition) is 1. The first-order chi connectivity index (χ1) is 8.29. The van der Waals surface area contributed by atoms with E-state index in [0.29, 0.717) is 0 Å². The lowest BCUT2D eigenvalue weighted by Crippen LogP contribution is -2.20. The summed E-state index contributed by atoms with van der Waals surface area (Å²) in [6.45, 7) is 7.22. The van der Waals surface area contributed by atoms with E-state index in [1.54, 1.807) is 7.11 Å². The molecule has 0 fully saturated rings. The monoisotopic (exact) mass is 235 g/mol. The summed E-state index contributed by atoms with van der Waals surface area (Å²) in [5.41, 5.74) is 1.21. The molecule has 0 radical (unpaired) electrons. The van der Waals surface area contributed by atoms with Gasteiger partial charge >= 0.3 is 0 Å². The van der Waals surface area contributed by atoms with Gasteiger partial charge in [0.2, 0.25) is 0 Å². The summed E-state index contributed by atoms with van der Waals surface area (Å²) in [6, 6.07) is 0. The van der Waals surface area contributed by atoms with Crippen LogP contribution in [0.1, 0.15) is 24.9 Å². The average Bonchev–Trinajstić information content (AvgIpc) is 2.67. The molecule has 17 heavy (non-hydrogen) atoms. The van der Waals surface area contributed by atoms with Crippen molar-refractivity contribution in [1.82, 2.24) is 14.9 Å². The molecule has 0 unspecified atom stereocenters. The maximum absolute atomic E-state index is 4.99. The number of imidazole rings is 1. The van der Waals surface area contributed by atoms with Crippen LogP contribution in [0.25, 0.3) is 0 Å². The number of nitrogens with zero attached hydrogens (tertiary/aromatic N) is 2. The van der Waals surface area contributed by atoms with E-state index in [0.717, 1.165) is 38.5 Å². The van der Waals surface area contributed by atoms with E-state index in [1.165, 1.54) is 5.69 Å². The molecule has 4 nitrogen and oxygen atoms in total. The molecule has 0 saturated heterocycles. The minimum atomic E-state index is 0.731. The minimum absolute atomic E-state index is 0.731. The zero-order chi connectivity index (χ0) is 12.5. The number of ether oxygens (including phenoxy) is 1. The fourth-order valence-corrected chi connectivity index (χ4v) is 1.65. The third kappa shape index (κ3) is 4.59. The van der Waals surface area contributed by atoms with Gasteiger partial charge in [-0.1, -0.05) is 0 Å². The zero-order valence-electron chi connectivity index (χ0n) is 10.9. The van der Waals surface area contributed by atoms with E-state index >= 15 is 0 Å². The van der Waals surface area contributed by atoms with E-state index in [4.69, 9.17) is 4.74 Å². The number of aromatic nitrogens is 2. The first-order valence-corrected chi connectivity index (χ1v) is 5.90. The third-order valence-electron chi connectivity index (χ3n) is 2.56. The zero-order valence-corrected chi connectivity index (χ0v) is 10.9. The van der Waals surface area contributed by atoms with Crippen molar-refractivity contribution in [2.75, 3.05) is 20.3 Å². The molecule has 0 amide bonds. The largest absolute Gasteiger partial charge is 0.383 e. The fraction of sp³-hybridized carbons (Fsp3) is 0.615. The standard InChI is InChI=1S/C13H21N3O/c1-4-5-6-8-16-12(2)15-11-13(16)10-14-7-9-17-3/h11,14H,6-10H2,1-3H3. The Bertz CT molecular complexity index is 387. The highest BCUT2D eigenvalue weighted by atomic mass is 16.5. The molecule has 1 N–H and O–H groups in total. The van der Waals surface area contributed by atoms with Crippen molar-refractivity contribution < 1.29 is 4.74 Å². The Labute approximate surface area is 103 Å². The van der Waals surface area contributed by atoms with Crippen LogP contribution in [0.5, 0.6) is 0 Å². The van der Waals surface area contributed by atoms with E-state index in [1.807, 2.05) is 20.0 Å². The lowest BCUT2D eigenvalue weighted by Gasteiger charge is -2.09. The van der Waals surface area contributed by atoms with Gasteiger partial charge in [-0.2, -0.15) is 0 Å². The molecular formula is C13H21N3O. The van der Waals surface area contributed by atoms with Crippen LogP contribution in [-0.2, 0) is 17.8 Å². The van der Waals surface area contributed by atoms with Crippen molar-refractivity contribution in [2.45, 2.75) is 33.4 Å². The summed E-state index contributed by atoms with van der Waals surface area (Å²) in [7, 11) is 1.71. The smallest absolute Gasteiger partial charge is 0.105 e. The van der Waals surface area contributed by atoms with Gasteiger partial charge in [-0.05, 0) is 13.8 Å². The first-order valence-electron chi connectivity index (χ1n) is 5.90. The summed E-state index contributed by atoms with van der Waals surface area (Å²) in [5.74, 6) is 7.04. The van der Waals surface area contributed by atoms with Crippen LogP contribution in [0, 0.1) is 18.8 Å². The van der Waals surface area contributed by atoms with Crippen molar-refractivity contribution in [3.8, 4) is 11.8 Å². The molecule has 4 heteroatoms. The van der Waals surface area contributed by atoms with Gasteiger partial charge in [-0.15, -0.1) is 11.8 Å². The molecule has 1 heterocycles. The topological polar surface area (TPSA) is 39.1 Å². The number of hydrogen-bond acceptors (Lipinski definition) is 3. The first kappa shape index (κ1) is 13.8. The second-order valence-electron chi connectivity index (χ2n) is 3.79. The minimum Gasteiger partial charge on any atom is -0.383 e. The molecule has 0 aromatic carbocycles. The molecule has 0 aliphatic rings.